The second-order valence-corrected chi connectivity index (χ2v) is 5.08. The van der Waals surface area contributed by atoms with Crippen LogP contribution in [0.1, 0.15) is 5.56 Å². The van der Waals surface area contributed by atoms with E-state index in [1.807, 2.05) is 6.07 Å². The van der Waals surface area contributed by atoms with E-state index in [4.69, 9.17) is 26.3 Å². The van der Waals surface area contributed by atoms with E-state index in [2.05, 4.69) is 5.32 Å². The summed E-state index contributed by atoms with van der Waals surface area (Å²) in [6, 6.07) is 14.8. The SMILES string of the molecule is N#Cc1ccc(NC(=O)COC(=O)COc2ccc(Cl)cc2)cc1. The minimum absolute atomic E-state index is 0.314. The molecule has 0 aliphatic rings. The number of rotatable bonds is 6. The Kier molecular flexibility index (Phi) is 6.17. The molecular formula is C17H13ClN2O4. The van der Waals surface area contributed by atoms with Crippen molar-refractivity contribution in [1.82, 2.24) is 0 Å². The average Bonchev–Trinajstić information content (AvgIpc) is 2.60. The summed E-state index contributed by atoms with van der Waals surface area (Å²) in [7, 11) is 0. The van der Waals surface area contributed by atoms with E-state index >= 15 is 0 Å². The number of benzene rings is 2. The van der Waals surface area contributed by atoms with Crippen LogP contribution < -0.4 is 10.1 Å². The van der Waals surface area contributed by atoms with Gasteiger partial charge in [0, 0.05) is 10.7 Å². The molecule has 24 heavy (non-hydrogen) atoms. The number of nitrogens with one attached hydrogen (secondary N) is 1. The molecule has 6 nitrogen and oxygen atoms in total. The van der Waals surface area contributed by atoms with Gasteiger partial charge in [-0.25, -0.2) is 4.79 Å². The Labute approximate surface area is 143 Å². The highest BCUT2D eigenvalue weighted by molar-refractivity contribution is 6.30. The van der Waals surface area contributed by atoms with Gasteiger partial charge < -0.3 is 14.8 Å². The van der Waals surface area contributed by atoms with Crippen molar-refractivity contribution in [2.45, 2.75) is 0 Å². The molecule has 0 fully saturated rings. The number of carbonyl (C=O) groups excluding carboxylic acids is 2. The van der Waals surface area contributed by atoms with Crippen LogP contribution in [0.3, 0.4) is 0 Å². The van der Waals surface area contributed by atoms with Gasteiger partial charge in [-0.15, -0.1) is 0 Å². The lowest BCUT2D eigenvalue weighted by Crippen LogP contribution is -2.23. The second-order valence-electron chi connectivity index (χ2n) is 4.64. The molecule has 0 aliphatic carbocycles. The summed E-state index contributed by atoms with van der Waals surface area (Å²) in [5, 5.41) is 11.8. The van der Waals surface area contributed by atoms with Crippen molar-refractivity contribution in [2.75, 3.05) is 18.5 Å². The summed E-state index contributed by atoms with van der Waals surface area (Å²) in [5.41, 5.74) is 0.992. The Hall–Kier alpha value is -3.04. The maximum Gasteiger partial charge on any atom is 0.344 e. The van der Waals surface area contributed by atoms with Crippen LogP contribution in [0, 0.1) is 11.3 Å². The molecule has 1 N–H and O–H groups in total. The smallest absolute Gasteiger partial charge is 0.344 e. The number of halogens is 1. The van der Waals surface area contributed by atoms with Crippen molar-refractivity contribution in [3.8, 4) is 11.8 Å². The monoisotopic (exact) mass is 344 g/mol. The van der Waals surface area contributed by atoms with Crippen molar-refractivity contribution in [3.05, 3.63) is 59.1 Å². The molecule has 1 amide bonds. The molecule has 2 aromatic carbocycles. The molecule has 0 radical (unpaired) electrons. The molecule has 122 valence electrons. The molecule has 0 aliphatic heterocycles. The quantitative estimate of drug-likeness (QED) is 0.814. The maximum atomic E-state index is 11.7. The summed E-state index contributed by atoms with van der Waals surface area (Å²) >= 11 is 5.73. The molecule has 0 unspecified atom stereocenters. The predicted molar refractivity (Wildman–Crippen MR) is 87.7 cm³/mol. The van der Waals surface area contributed by atoms with E-state index in [0.29, 0.717) is 22.0 Å². The third-order valence-corrected chi connectivity index (χ3v) is 3.08. The van der Waals surface area contributed by atoms with Crippen LogP contribution in [-0.4, -0.2) is 25.1 Å². The van der Waals surface area contributed by atoms with E-state index in [9.17, 15) is 9.59 Å². The molecule has 0 heterocycles. The highest BCUT2D eigenvalue weighted by atomic mass is 35.5. The first-order valence-corrected chi connectivity index (χ1v) is 7.28. The molecule has 0 bridgehead atoms. The van der Waals surface area contributed by atoms with Crippen molar-refractivity contribution in [2.24, 2.45) is 0 Å². The third-order valence-electron chi connectivity index (χ3n) is 2.83. The zero-order valence-electron chi connectivity index (χ0n) is 12.5. The lowest BCUT2D eigenvalue weighted by molar-refractivity contribution is -0.149. The summed E-state index contributed by atoms with van der Waals surface area (Å²) in [6.45, 7) is -0.741. The summed E-state index contributed by atoms with van der Waals surface area (Å²) in [5.74, 6) is -0.683. The largest absolute Gasteiger partial charge is 0.482 e. The maximum absolute atomic E-state index is 11.7. The first kappa shape index (κ1) is 17.3. The topological polar surface area (TPSA) is 88.4 Å². The third kappa shape index (κ3) is 5.63. The van der Waals surface area contributed by atoms with E-state index in [1.165, 1.54) is 0 Å². The number of carbonyl (C=O) groups is 2. The van der Waals surface area contributed by atoms with Gasteiger partial charge in [0.15, 0.2) is 13.2 Å². The number of esters is 1. The van der Waals surface area contributed by atoms with Crippen molar-refractivity contribution in [3.63, 3.8) is 0 Å². The highest BCUT2D eigenvalue weighted by Crippen LogP contribution is 2.15. The predicted octanol–water partition coefficient (Wildman–Crippen LogP) is 2.77. The standard InChI is InChI=1S/C17H13ClN2O4/c18-13-3-7-15(8-4-13)23-11-17(22)24-10-16(21)20-14-5-1-12(9-19)2-6-14/h1-8H,10-11H2,(H,20,21). The van der Waals surface area contributed by atoms with E-state index < -0.39 is 18.5 Å². The number of anilines is 1. The lowest BCUT2D eigenvalue weighted by Gasteiger charge is -2.08. The molecule has 0 aromatic heterocycles. The van der Waals surface area contributed by atoms with Gasteiger partial charge in [-0.2, -0.15) is 5.26 Å². The van der Waals surface area contributed by atoms with Crippen molar-refractivity contribution in [1.29, 1.82) is 5.26 Å². The van der Waals surface area contributed by atoms with E-state index in [-0.39, 0.29) is 6.61 Å². The number of nitriles is 1. The van der Waals surface area contributed by atoms with Crippen molar-refractivity contribution < 1.29 is 19.1 Å². The molecular weight excluding hydrogens is 332 g/mol. The Morgan fingerprint density at radius 1 is 1.04 bits per heavy atom. The number of nitrogens with zero attached hydrogens (tertiary/aromatic N) is 1. The van der Waals surface area contributed by atoms with Gasteiger partial charge in [0.05, 0.1) is 11.6 Å². The van der Waals surface area contributed by atoms with Gasteiger partial charge in [0.1, 0.15) is 5.75 Å². The minimum Gasteiger partial charge on any atom is -0.482 e. The fourth-order valence-corrected chi connectivity index (χ4v) is 1.81. The lowest BCUT2D eigenvalue weighted by atomic mass is 10.2. The fourth-order valence-electron chi connectivity index (χ4n) is 1.69. The van der Waals surface area contributed by atoms with Crippen molar-refractivity contribution >= 4 is 29.2 Å². The summed E-state index contributed by atoms with van der Waals surface area (Å²) in [6.07, 6.45) is 0. The van der Waals surface area contributed by atoms with Gasteiger partial charge >= 0.3 is 5.97 Å². The van der Waals surface area contributed by atoms with Crippen LogP contribution in [0.4, 0.5) is 5.69 Å². The van der Waals surface area contributed by atoms with Crippen LogP contribution in [0.25, 0.3) is 0 Å². The molecule has 2 aromatic rings. The number of ether oxygens (including phenoxy) is 2. The van der Waals surface area contributed by atoms with Gasteiger partial charge in [-0.1, -0.05) is 11.6 Å². The molecule has 0 atom stereocenters. The first-order chi connectivity index (χ1) is 11.6. The number of hydrogen-bond acceptors (Lipinski definition) is 5. The van der Waals surface area contributed by atoms with Crippen LogP contribution in [-0.2, 0) is 14.3 Å². The van der Waals surface area contributed by atoms with Gasteiger partial charge in [-0.3, -0.25) is 4.79 Å². The molecule has 2 rings (SSSR count). The van der Waals surface area contributed by atoms with Crippen LogP contribution in [0.2, 0.25) is 5.02 Å². The average molecular weight is 345 g/mol. The zero-order valence-corrected chi connectivity index (χ0v) is 13.2. The van der Waals surface area contributed by atoms with Gasteiger partial charge in [0.2, 0.25) is 0 Å². The fraction of sp³-hybridized carbons (Fsp3) is 0.118. The van der Waals surface area contributed by atoms with Crippen LogP contribution >= 0.6 is 11.6 Å². The number of amides is 1. The molecule has 0 saturated heterocycles. The minimum atomic E-state index is -0.667. The number of hydrogen-bond donors (Lipinski definition) is 1. The molecule has 0 spiro atoms. The van der Waals surface area contributed by atoms with Crippen LogP contribution in [0.15, 0.2) is 48.5 Å². The Morgan fingerprint density at radius 2 is 1.71 bits per heavy atom. The Balaban J connectivity index is 1.71. The summed E-state index contributed by atoms with van der Waals surface area (Å²) in [4.78, 5) is 23.2. The van der Waals surface area contributed by atoms with E-state index in [0.717, 1.165) is 0 Å². The Morgan fingerprint density at radius 3 is 2.33 bits per heavy atom. The van der Waals surface area contributed by atoms with E-state index in [1.54, 1.807) is 48.5 Å². The van der Waals surface area contributed by atoms with Gasteiger partial charge in [0.25, 0.3) is 5.91 Å². The summed E-state index contributed by atoms with van der Waals surface area (Å²) < 4.78 is 10.0. The first-order valence-electron chi connectivity index (χ1n) is 6.91. The zero-order chi connectivity index (χ0) is 17.4. The molecule has 0 saturated carbocycles. The molecule has 7 heteroatoms. The highest BCUT2D eigenvalue weighted by Gasteiger charge is 2.09. The normalized spacial score (nSPS) is 9.67. The Bertz CT molecular complexity index is 752. The van der Waals surface area contributed by atoms with Gasteiger partial charge in [-0.05, 0) is 48.5 Å². The van der Waals surface area contributed by atoms with Crippen LogP contribution in [0.5, 0.6) is 5.75 Å². The second kappa shape index (κ2) is 8.56.